The van der Waals surface area contributed by atoms with Gasteiger partial charge in [-0.15, -0.1) is 0 Å². The third-order valence-electron chi connectivity index (χ3n) is 6.77. The molecule has 0 radical (unpaired) electrons. The molecular weight excluding hydrogens is 555 g/mol. The standard InChI is InChI=1S/3C12H10O2.Al/c3*1-8-5-6-10-9(7-8)3-2-4-11(10)12(13)14;/h3*2-7H,1H3,(H,13,14);/q;;;+3/p-3. The molecule has 0 spiro atoms. The van der Waals surface area contributed by atoms with Crippen LogP contribution in [-0.4, -0.2) is 35.3 Å². The van der Waals surface area contributed by atoms with Crippen LogP contribution in [0.1, 0.15) is 47.8 Å². The summed E-state index contributed by atoms with van der Waals surface area (Å²) in [5.74, 6) is -3.38. The molecule has 0 heterocycles. The van der Waals surface area contributed by atoms with E-state index in [-0.39, 0.29) is 34.1 Å². The van der Waals surface area contributed by atoms with Gasteiger partial charge in [-0.3, -0.25) is 0 Å². The monoisotopic (exact) mass is 582 g/mol. The van der Waals surface area contributed by atoms with Crippen LogP contribution < -0.4 is 15.3 Å². The molecule has 0 aliphatic heterocycles. The maximum Gasteiger partial charge on any atom is 3.00 e. The molecule has 7 heteroatoms. The van der Waals surface area contributed by atoms with Gasteiger partial charge in [-0.25, -0.2) is 0 Å². The summed E-state index contributed by atoms with van der Waals surface area (Å²) in [6, 6.07) is 32.6. The summed E-state index contributed by atoms with van der Waals surface area (Å²) in [5.41, 5.74) is 4.11. The number of carbonyl (C=O) groups excluding carboxylic acids is 3. The molecule has 0 saturated heterocycles. The van der Waals surface area contributed by atoms with E-state index in [1.807, 2.05) is 93.6 Å². The van der Waals surface area contributed by atoms with Gasteiger partial charge in [-0.05, 0) is 53.1 Å². The second-order valence-electron chi connectivity index (χ2n) is 9.95. The number of carboxylic acids is 3. The molecule has 0 saturated carbocycles. The molecule has 6 aromatic rings. The second-order valence-corrected chi connectivity index (χ2v) is 9.95. The normalized spacial score (nSPS) is 10.1. The fraction of sp³-hybridized carbons (Fsp3) is 0.0833. The molecule has 0 aliphatic rings. The average Bonchev–Trinajstić information content (AvgIpc) is 2.96. The first-order valence-electron chi connectivity index (χ1n) is 13.2. The van der Waals surface area contributed by atoms with Crippen molar-refractivity contribution in [3.8, 4) is 0 Å². The smallest absolute Gasteiger partial charge is 0.545 e. The van der Waals surface area contributed by atoms with Crippen molar-refractivity contribution in [1.29, 1.82) is 0 Å². The molecule has 0 atom stereocenters. The fourth-order valence-electron chi connectivity index (χ4n) is 4.74. The number of benzene rings is 6. The van der Waals surface area contributed by atoms with E-state index in [0.717, 1.165) is 49.0 Å². The van der Waals surface area contributed by atoms with Gasteiger partial charge in [0.1, 0.15) is 0 Å². The molecule has 0 N–H and O–H groups in total. The molecule has 6 nitrogen and oxygen atoms in total. The minimum atomic E-state index is -1.13. The summed E-state index contributed by atoms with van der Waals surface area (Å²) in [6.45, 7) is 5.93. The second kappa shape index (κ2) is 14.3. The van der Waals surface area contributed by atoms with Crippen LogP contribution >= 0.6 is 0 Å². The molecule has 43 heavy (non-hydrogen) atoms. The van der Waals surface area contributed by atoms with Crippen molar-refractivity contribution >= 4 is 67.6 Å². The fourth-order valence-corrected chi connectivity index (χ4v) is 4.74. The number of hydrogen-bond acceptors (Lipinski definition) is 6. The van der Waals surface area contributed by atoms with Gasteiger partial charge < -0.3 is 29.7 Å². The zero-order chi connectivity index (χ0) is 30.4. The Morgan fingerprint density at radius 3 is 0.907 bits per heavy atom. The molecule has 210 valence electrons. The van der Waals surface area contributed by atoms with Crippen LogP contribution in [0.25, 0.3) is 32.3 Å². The Kier molecular flexibility index (Phi) is 10.8. The van der Waals surface area contributed by atoms with E-state index < -0.39 is 17.9 Å². The first-order chi connectivity index (χ1) is 20.0. The van der Waals surface area contributed by atoms with Crippen molar-refractivity contribution in [3.63, 3.8) is 0 Å². The van der Waals surface area contributed by atoms with E-state index in [9.17, 15) is 29.7 Å². The van der Waals surface area contributed by atoms with Crippen molar-refractivity contribution in [3.05, 3.63) is 143 Å². The van der Waals surface area contributed by atoms with E-state index in [1.165, 1.54) is 0 Å². The van der Waals surface area contributed by atoms with E-state index in [1.54, 1.807) is 36.4 Å². The maximum absolute atomic E-state index is 10.8. The van der Waals surface area contributed by atoms with Gasteiger partial charge in [0.25, 0.3) is 0 Å². The van der Waals surface area contributed by atoms with Crippen molar-refractivity contribution in [2.24, 2.45) is 0 Å². The third-order valence-corrected chi connectivity index (χ3v) is 6.77. The number of aryl methyl sites for hydroxylation is 3. The number of fused-ring (bicyclic) bond motifs is 3. The molecular formula is C36H27AlO6. The molecule has 6 aromatic carbocycles. The van der Waals surface area contributed by atoms with Gasteiger partial charge in [-0.1, -0.05) is 126 Å². The molecule has 6 rings (SSSR count). The van der Waals surface area contributed by atoms with Gasteiger partial charge >= 0.3 is 17.4 Å². The predicted octanol–water partition coefficient (Wildman–Crippen LogP) is 4.15. The van der Waals surface area contributed by atoms with Crippen LogP contribution in [0.5, 0.6) is 0 Å². The maximum atomic E-state index is 10.8. The molecule has 0 unspecified atom stereocenters. The summed E-state index contributed by atoms with van der Waals surface area (Å²) < 4.78 is 0. The molecule has 0 bridgehead atoms. The van der Waals surface area contributed by atoms with Crippen LogP contribution in [0.3, 0.4) is 0 Å². The predicted molar refractivity (Wildman–Crippen MR) is 165 cm³/mol. The van der Waals surface area contributed by atoms with Crippen LogP contribution in [0.4, 0.5) is 0 Å². The summed E-state index contributed by atoms with van der Waals surface area (Å²) >= 11 is 0. The van der Waals surface area contributed by atoms with Crippen molar-refractivity contribution < 1.29 is 29.7 Å². The van der Waals surface area contributed by atoms with Crippen LogP contribution in [0, 0.1) is 20.8 Å². The Bertz CT molecular complexity index is 1740. The Hall–Kier alpha value is -4.96. The third kappa shape index (κ3) is 7.87. The summed E-state index contributed by atoms with van der Waals surface area (Å²) in [7, 11) is 0. The Morgan fingerprint density at radius 2 is 0.674 bits per heavy atom. The van der Waals surface area contributed by atoms with Crippen molar-refractivity contribution in [2.45, 2.75) is 20.8 Å². The first-order valence-corrected chi connectivity index (χ1v) is 13.2. The largest absolute Gasteiger partial charge is 3.00 e. The summed E-state index contributed by atoms with van der Waals surface area (Å²) in [5, 5.41) is 37.4. The van der Waals surface area contributed by atoms with Crippen LogP contribution in [0.2, 0.25) is 0 Å². The Labute approximate surface area is 260 Å². The molecule has 0 amide bonds. The van der Waals surface area contributed by atoms with Crippen molar-refractivity contribution in [2.75, 3.05) is 0 Å². The number of aromatic carboxylic acids is 3. The van der Waals surface area contributed by atoms with Gasteiger partial charge in [-0.2, -0.15) is 0 Å². The number of rotatable bonds is 3. The van der Waals surface area contributed by atoms with Gasteiger partial charge in [0, 0.05) is 16.7 Å². The number of carbonyl (C=O) groups is 3. The molecule has 0 aliphatic carbocycles. The number of carboxylic acid groups (broad SMARTS) is 3. The quantitative estimate of drug-likeness (QED) is 0.289. The first kappa shape index (κ1) is 32.6. The van der Waals surface area contributed by atoms with Crippen molar-refractivity contribution in [1.82, 2.24) is 0 Å². The zero-order valence-corrected chi connectivity index (χ0v) is 25.1. The van der Waals surface area contributed by atoms with Gasteiger partial charge in [0.15, 0.2) is 0 Å². The topological polar surface area (TPSA) is 120 Å². The average molecular weight is 583 g/mol. The van der Waals surface area contributed by atoms with E-state index >= 15 is 0 Å². The van der Waals surface area contributed by atoms with Crippen LogP contribution in [0.15, 0.2) is 109 Å². The summed E-state index contributed by atoms with van der Waals surface area (Å²) in [6.07, 6.45) is 0. The Balaban J connectivity index is 0.000000175. The minimum absolute atomic E-state index is 0. The summed E-state index contributed by atoms with van der Waals surface area (Å²) in [4.78, 5) is 32.4. The van der Waals surface area contributed by atoms with E-state index in [2.05, 4.69) is 0 Å². The van der Waals surface area contributed by atoms with Gasteiger partial charge in [0.05, 0.1) is 17.9 Å². The number of hydrogen-bond donors (Lipinski definition) is 0. The SMILES string of the molecule is Cc1ccc2c(C(=O)[O-])cccc2c1.Cc1ccc2c(C(=O)[O-])cccc2c1.Cc1ccc2c(C(=O)[O-])cccc2c1.[Al+3]. The van der Waals surface area contributed by atoms with Crippen LogP contribution in [-0.2, 0) is 0 Å². The molecule has 0 aromatic heterocycles. The Morgan fingerprint density at radius 1 is 0.419 bits per heavy atom. The van der Waals surface area contributed by atoms with E-state index in [4.69, 9.17) is 0 Å². The van der Waals surface area contributed by atoms with Gasteiger partial charge in [0.2, 0.25) is 0 Å². The minimum Gasteiger partial charge on any atom is -0.545 e. The zero-order valence-electron chi connectivity index (χ0n) is 23.9. The molecule has 0 fully saturated rings. The van der Waals surface area contributed by atoms with E-state index in [0.29, 0.717) is 0 Å².